The molecule has 0 spiro atoms. The van der Waals surface area contributed by atoms with E-state index in [1.807, 2.05) is 30.3 Å². The van der Waals surface area contributed by atoms with Gasteiger partial charge in [-0.3, -0.25) is 5.10 Å². The van der Waals surface area contributed by atoms with E-state index in [4.69, 9.17) is 9.47 Å². The van der Waals surface area contributed by atoms with E-state index in [1.165, 1.54) is 0 Å². The minimum absolute atomic E-state index is 0.116. The minimum atomic E-state index is -0.927. The number of carbonyl (C=O) groups is 2. The second kappa shape index (κ2) is 8.27. The Kier molecular flexibility index (Phi) is 6.10. The Morgan fingerprint density at radius 1 is 1.24 bits per heavy atom. The van der Waals surface area contributed by atoms with Crippen molar-refractivity contribution >= 4 is 12.1 Å². The van der Waals surface area contributed by atoms with Gasteiger partial charge in [-0.25, -0.2) is 9.59 Å². The fourth-order valence-electron chi connectivity index (χ4n) is 2.01. The van der Waals surface area contributed by atoms with Gasteiger partial charge in [0.05, 0.1) is 5.69 Å². The lowest BCUT2D eigenvalue weighted by atomic mass is 10.1. The van der Waals surface area contributed by atoms with Gasteiger partial charge < -0.3 is 14.8 Å². The number of aromatic amines is 1. The minimum Gasteiger partial charge on any atom is -0.459 e. The van der Waals surface area contributed by atoms with Gasteiger partial charge in [-0.1, -0.05) is 35.5 Å². The third-order valence-corrected chi connectivity index (χ3v) is 3.08. The number of amides is 1. The van der Waals surface area contributed by atoms with Crippen LogP contribution in [0.5, 0.6) is 0 Å². The summed E-state index contributed by atoms with van der Waals surface area (Å²) in [6.45, 7) is 5.35. The van der Waals surface area contributed by atoms with E-state index in [9.17, 15) is 9.59 Å². The number of nitrogens with zero attached hydrogens (tertiary/aromatic N) is 2. The zero-order chi connectivity index (χ0) is 18.3. The molecule has 0 saturated heterocycles. The van der Waals surface area contributed by atoms with E-state index in [0.717, 1.165) is 5.56 Å². The summed E-state index contributed by atoms with van der Waals surface area (Å²) in [4.78, 5) is 24.4. The molecule has 25 heavy (non-hydrogen) atoms. The van der Waals surface area contributed by atoms with Crippen LogP contribution in [0.2, 0.25) is 0 Å². The van der Waals surface area contributed by atoms with Gasteiger partial charge in [0.2, 0.25) is 0 Å². The van der Waals surface area contributed by atoms with Crippen LogP contribution in [0.15, 0.2) is 36.5 Å². The first-order valence-electron chi connectivity index (χ1n) is 7.89. The molecule has 1 atom stereocenters. The lowest BCUT2D eigenvalue weighted by molar-refractivity contribution is -0.147. The van der Waals surface area contributed by atoms with Crippen molar-refractivity contribution in [2.75, 3.05) is 0 Å². The van der Waals surface area contributed by atoms with Gasteiger partial charge in [0.15, 0.2) is 0 Å². The lowest BCUT2D eigenvalue weighted by Gasteiger charge is -2.22. The van der Waals surface area contributed by atoms with Gasteiger partial charge in [-0.05, 0) is 26.3 Å². The molecule has 0 aliphatic rings. The number of aromatic nitrogens is 3. The Bertz CT molecular complexity index is 680. The summed E-state index contributed by atoms with van der Waals surface area (Å²) in [6, 6.07) is 8.36. The van der Waals surface area contributed by atoms with Gasteiger partial charge in [0, 0.05) is 12.6 Å². The van der Waals surface area contributed by atoms with Crippen molar-refractivity contribution < 1.29 is 19.1 Å². The Morgan fingerprint density at radius 2 is 1.96 bits per heavy atom. The molecule has 2 rings (SSSR count). The van der Waals surface area contributed by atoms with Crippen molar-refractivity contribution in [3.63, 3.8) is 0 Å². The number of ether oxygens (including phenoxy) is 2. The normalized spacial score (nSPS) is 12.3. The van der Waals surface area contributed by atoms with Crippen LogP contribution in [-0.4, -0.2) is 39.1 Å². The van der Waals surface area contributed by atoms with E-state index < -0.39 is 23.7 Å². The third-order valence-electron chi connectivity index (χ3n) is 3.08. The number of hydrogen-bond acceptors (Lipinski definition) is 6. The molecule has 8 nitrogen and oxygen atoms in total. The fourth-order valence-corrected chi connectivity index (χ4v) is 2.01. The number of esters is 1. The summed E-state index contributed by atoms with van der Waals surface area (Å²) in [6.07, 6.45) is 0.995. The lowest BCUT2D eigenvalue weighted by Crippen LogP contribution is -2.45. The number of hydrogen-bond donors (Lipinski definition) is 2. The number of benzene rings is 1. The molecular formula is C17H22N4O4. The first-order valence-corrected chi connectivity index (χ1v) is 7.89. The maximum atomic E-state index is 12.4. The van der Waals surface area contributed by atoms with Gasteiger partial charge >= 0.3 is 12.1 Å². The predicted octanol–water partition coefficient (Wildman–Crippen LogP) is 1.98. The van der Waals surface area contributed by atoms with Crippen LogP contribution >= 0.6 is 0 Å². The molecule has 0 aliphatic carbocycles. The number of H-pyrrole nitrogens is 1. The summed E-state index contributed by atoms with van der Waals surface area (Å²) in [5.74, 6) is -0.572. The van der Waals surface area contributed by atoms with Gasteiger partial charge in [0.25, 0.3) is 0 Å². The maximum absolute atomic E-state index is 12.4. The molecule has 0 radical (unpaired) electrons. The highest BCUT2D eigenvalue weighted by Gasteiger charge is 2.26. The van der Waals surface area contributed by atoms with E-state index >= 15 is 0 Å². The quantitative estimate of drug-likeness (QED) is 0.775. The molecule has 0 aliphatic heterocycles. The molecule has 8 heteroatoms. The fraction of sp³-hybridized carbons (Fsp3) is 0.412. The molecule has 2 N–H and O–H groups in total. The van der Waals surface area contributed by atoms with Crippen LogP contribution < -0.4 is 5.32 Å². The number of alkyl carbamates (subject to hydrolysis) is 1. The van der Waals surface area contributed by atoms with Gasteiger partial charge in [-0.2, -0.15) is 0 Å². The predicted molar refractivity (Wildman–Crippen MR) is 89.5 cm³/mol. The molecule has 1 amide bonds. The van der Waals surface area contributed by atoms with Crippen LogP contribution in [0.4, 0.5) is 4.79 Å². The van der Waals surface area contributed by atoms with Crippen molar-refractivity contribution in [1.29, 1.82) is 0 Å². The van der Waals surface area contributed by atoms with E-state index in [2.05, 4.69) is 20.7 Å². The molecule has 1 aromatic carbocycles. The molecule has 0 bridgehead atoms. The monoisotopic (exact) mass is 346 g/mol. The molecule has 0 unspecified atom stereocenters. The van der Waals surface area contributed by atoms with E-state index in [1.54, 1.807) is 27.0 Å². The zero-order valence-corrected chi connectivity index (χ0v) is 14.5. The summed E-state index contributed by atoms with van der Waals surface area (Å²) in [5.41, 5.74) is 0.710. The smallest absolute Gasteiger partial charge is 0.408 e. The second-order valence-corrected chi connectivity index (χ2v) is 6.46. The Morgan fingerprint density at radius 3 is 2.56 bits per heavy atom. The molecule has 134 valence electrons. The highest BCUT2D eigenvalue weighted by molar-refractivity contribution is 5.81. The SMILES string of the molecule is CC(C)(C)OC(=O)N[C@@H](Cc1c[nH]nn1)C(=O)OCc1ccccc1. The Balaban J connectivity index is 1.99. The zero-order valence-electron chi connectivity index (χ0n) is 14.5. The highest BCUT2D eigenvalue weighted by Crippen LogP contribution is 2.09. The topological polar surface area (TPSA) is 106 Å². The van der Waals surface area contributed by atoms with Crippen molar-refractivity contribution in [3.05, 3.63) is 47.8 Å². The van der Waals surface area contributed by atoms with Crippen molar-refractivity contribution in [3.8, 4) is 0 Å². The molecule has 1 heterocycles. The van der Waals surface area contributed by atoms with Crippen LogP contribution in [0.1, 0.15) is 32.0 Å². The summed E-state index contributed by atoms with van der Waals surface area (Å²) >= 11 is 0. The number of nitrogens with one attached hydrogen (secondary N) is 2. The molecule has 2 aromatic rings. The second-order valence-electron chi connectivity index (χ2n) is 6.46. The van der Waals surface area contributed by atoms with Crippen molar-refractivity contribution in [2.45, 2.75) is 45.4 Å². The molecule has 0 fully saturated rings. The van der Waals surface area contributed by atoms with Crippen LogP contribution in [0.3, 0.4) is 0 Å². The summed E-state index contributed by atoms with van der Waals surface area (Å²) in [7, 11) is 0. The Hall–Kier alpha value is -2.90. The third kappa shape index (κ3) is 6.62. The number of rotatable bonds is 6. The van der Waals surface area contributed by atoms with E-state index in [-0.39, 0.29) is 13.0 Å². The molecular weight excluding hydrogens is 324 g/mol. The van der Waals surface area contributed by atoms with Crippen LogP contribution in [-0.2, 0) is 27.3 Å². The largest absolute Gasteiger partial charge is 0.459 e. The first-order chi connectivity index (χ1) is 11.8. The van der Waals surface area contributed by atoms with Crippen LogP contribution in [0, 0.1) is 0 Å². The molecule has 0 saturated carbocycles. The summed E-state index contributed by atoms with van der Waals surface area (Å²) < 4.78 is 10.5. The maximum Gasteiger partial charge on any atom is 0.408 e. The van der Waals surface area contributed by atoms with E-state index in [0.29, 0.717) is 5.69 Å². The van der Waals surface area contributed by atoms with Gasteiger partial charge in [0.1, 0.15) is 18.2 Å². The average Bonchev–Trinajstić information content (AvgIpc) is 3.04. The van der Waals surface area contributed by atoms with Crippen LogP contribution in [0.25, 0.3) is 0 Å². The summed E-state index contributed by atoms with van der Waals surface area (Å²) in [5, 5.41) is 12.5. The molecule has 1 aromatic heterocycles. The average molecular weight is 346 g/mol. The van der Waals surface area contributed by atoms with Crippen molar-refractivity contribution in [2.24, 2.45) is 0 Å². The standard InChI is InChI=1S/C17H22N4O4/c1-17(2,3)25-16(23)19-14(9-13-10-18-21-20-13)15(22)24-11-12-7-5-4-6-8-12/h4-8,10,14H,9,11H2,1-3H3,(H,19,23)(H,18,20,21)/t14-/m0/s1. The first kappa shape index (κ1) is 18.4. The van der Waals surface area contributed by atoms with Crippen molar-refractivity contribution in [1.82, 2.24) is 20.7 Å². The highest BCUT2D eigenvalue weighted by atomic mass is 16.6. The number of carbonyl (C=O) groups excluding carboxylic acids is 2. The van der Waals surface area contributed by atoms with Gasteiger partial charge in [-0.15, -0.1) is 5.10 Å². The Labute approximate surface area is 145 Å².